The van der Waals surface area contributed by atoms with Crippen LogP contribution >= 0.6 is 11.5 Å². The predicted octanol–water partition coefficient (Wildman–Crippen LogP) is 5.44. The number of aromatic nitrogens is 2. The van der Waals surface area contributed by atoms with Gasteiger partial charge in [-0.1, -0.05) is 54.1 Å². The first kappa shape index (κ1) is 24.0. The third-order valence-electron chi connectivity index (χ3n) is 6.44. The first-order valence-corrected chi connectivity index (χ1v) is 12.4. The van der Waals surface area contributed by atoms with E-state index in [2.05, 4.69) is 14.9 Å². The van der Waals surface area contributed by atoms with E-state index < -0.39 is 17.8 Å². The van der Waals surface area contributed by atoms with E-state index in [9.17, 15) is 14.0 Å². The van der Waals surface area contributed by atoms with Gasteiger partial charge < -0.3 is 5.32 Å². The molecule has 1 N–H and O–H groups in total. The molecule has 178 valence electrons. The first-order chi connectivity index (χ1) is 16.4. The lowest BCUT2D eigenvalue weighted by molar-refractivity contribution is -0.123. The Balaban J connectivity index is 1.85. The van der Waals surface area contributed by atoms with Gasteiger partial charge in [0.25, 0.3) is 5.91 Å². The summed E-state index contributed by atoms with van der Waals surface area (Å²) in [4.78, 5) is 29.5. The largest absolute Gasteiger partial charge is 0.351 e. The van der Waals surface area contributed by atoms with Gasteiger partial charge in [0.05, 0.1) is 5.69 Å². The van der Waals surface area contributed by atoms with Gasteiger partial charge in [0, 0.05) is 11.7 Å². The number of halogens is 1. The van der Waals surface area contributed by atoms with Gasteiger partial charge in [-0.25, -0.2) is 4.39 Å². The van der Waals surface area contributed by atoms with Crippen LogP contribution in [0.1, 0.15) is 70.2 Å². The van der Waals surface area contributed by atoms with Gasteiger partial charge in [-0.2, -0.15) is 0 Å². The second kappa shape index (κ2) is 10.4. The Morgan fingerprint density at radius 2 is 1.79 bits per heavy atom. The molecule has 4 rings (SSSR count). The van der Waals surface area contributed by atoms with Crippen molar-refractivity contribution in [2.45, 2.75) is 65.0 Å². The third kappa shape index (κ3) is 5.01. The maximum atomic E-state index is 14.7. The highest BCUT2D eigenvalue weighted by molar-refractivity contribution is 7.08. The van der Waals surface area contributed by atoms with E-state index in [4.69, 9.17) is 0 Å². The Labute approximate surface area is 203 Å². The fourth-order valence-electron chi connectivity index (χ4n) is 4.47. The smallest absolute Gasteiger partial charge is 0.272 e. The van der Waals surface area contributed by atoms with Crippen molar-refractivity contribution in [1.29, 1.82) is 0 Å². The molecular formula is C26H29FN4O2S. The van der Waals surface area contributed by atoms with Crippen LogP contribution in [0, 0.1) is 26.6 Å². The Morgan fingerprint density at radius 3 is 2.44 bits per heavy atom. The lowest BCUT2D eigenvalue weighted by Crippen LogP contribution is -2.47. The number of carbonyl (C=O) groups is 2. The fraction of sp³-hybridized carbons (Fsp3) is 0.385. The molecule has 0 aliphatic heterocycles. The molecule has 0 saturated heterocycles. The molecule has 8 heteroatoms. The summed E-state index contributed by atoms with van der Waals surface area (Å²) in [6.45, 7) is 5.28. The molecule has 2 aromatic carbocycles. The second-order valence-electron chi connectivity index (χ2n) is 8.90. The van der Waals surface area contributed by atoms with Gasteiger partial charge in [-0.05, 0) is 74.0 Å². The number of benzene rings is 2. The van der Waals surface area contributed by atoms with Crippen molar-refractivity contribution < 1.29 is 14.0 Å². The summed E-state index contributed by atoms with van der Waals surface area (Å²) in [5.74, 6) is -1.14. The number of rotatable bonds is 6. The number of nitrogens with zero attached hydrogens (tertiary/aromatic N) is 3. The molecule has 0 bridgehead atoms. The number of anilines is 1. The van der Waals surface area contributed by atoms with E-state index in [0.29, 0.717) is 27.4 Å². The zero-order valence-electron chi connectivity index (χ0n) is 19.7. The molecule has 34 heavy (non-hydrogen) atoms. The van der Waals surface area contributed by atoms with Gasteiger partial charge in [-0.3, -0.25) is 14.5 Å². The molecule has 3 aromatic rings. The Morgan fingerprint density at radius 1 is 1.06 bits per heavy atom. The molecule has 2 amide bonds. The van der Waals surface area contributed by atoms with Crippen LogP contribution in [0.15, 0.2) is 42.5 Å². The summed E-state index contributed by atoms with van der Waals surface area (Å²) in [7, 11) is 0. The second-order valence-corrected chi connectivity index (χ2v) is 9.65. The molecule has 1 saturated carbocycles. The fourth-order valence-corrected chi connectivity index (χ4v) is 5.06. The molecule has 1 heterocycles. The minimum Gasteiger partial charge on any atom is -0.351 e. The van der Waals surface area contributed by atoms with Crippen LogP contribution in [-0.2, 0) is 4.79 Å². The average molecular weight is 481 g/mol. The average Bonchev–Trinajstić information content (AvgIpc) is 3.26. The van der Waals surface area contributed by atoms with E-state index in [1.807, 2.05) is 31.2 Å². The van der Waals surface area contributed by atoms with E-state index >= 15 is 0 Å². The topological polar surface area (TPSA) is 75.2 Å². The SMILES string of the molecule is Cc1ccc(N(C(=O)c2snnc2C)C(C(=O)NC2CCCCC2)c2ccccc2C)cc1F. The van der Waals surface area contributed by atoms with Crippen molar-refractivity contribution in [2.24, 2.45) is 0 Å². The van der Waals surface area contributed by atoms with Crippen molar-refractivity contribution in [2.75, 3.05) is 4.90 Å². The summed E-state index contributed by atoms with van der Waals surface area (Å²) in [6.07, 6.45) is 5.13. The van der Waals surface area contributed by atoms with Gasteiger partial charge in [0.15, 0.2) is 0 Å². The number of aryl methyl sites for hydroxylation is 3. The van der Waals surface area contributed by atoms with Gasteiger partial charge in [-0.15, -0.1) is 5.10 Å². The van der Waals surface area contributed by atoms with Gasteiger partial charge >= 0.3 is 0 Å². The minimum atomic E-state index is -0.973. The van der Waals surface area contributed by atoms with Crippen LogP contribution in [0.4, 0.5) is 10.1 Å². The minimum absolute atomic E-state index is 0.0614. The standard InChI is InChI=1S/C26H29FN4O2S/c1-16-9-7-8-12-21(16)23(25(32)28-19-10-5-4-6-11-19)31(20-14-13-17(2)22(27)15-20)26(33)24-18(3)29-30-34-24/h7-9,12-15,19,23H,4-6,10-11H2,1-3H3,(H,28,32). The zero-order valence-corrected chi connectivity index (χ0v) is 20.5. The molecule has 0 spiro atoms. The molecule has 1 unspecified atom stereocenters. The summed E-state index contributed by atoms with van der Waals surface area (Å²) in [6, 6.07) is 11.2. The number of amides is 2. The van der Waals surface area contributed by atoms with E-state index in [1.165, 1.54) is 17.4 Å². The molecular weight excluding hydrogens is 451 g/mol. The number of nitrogens with one attached hydrogen (secondary N) is 1. The highest BCUT2D eigenvalue weighted by Gasteiger charge is 2.37. The number of carbonyl (C=O) groups excluding carboxylic acids is 2. The van der Waals surface area contributed by atoms with Crippen LogP contribution in [0.25, 0.3) is 0 Å². The molecule has 1 aliphatic carbocycles. The van der Waals surface area contributed by atoms with Gasteiger partial charge in [0.1, 0.15) is 16.7 Å². The maximum Gasteiger partial charge on any atom is 0.272 e. The molecule has 0 radical (unpaired) electrons. The van der Waals surface area contributed by atoms with Crippen molar-refractivity contribution in [1.82, 2.24) is 14.9 Å². The van der Waals surface area contributed by atoms with E-state index in [-0.39, 0.29) is 11.9 Å². The lowest BCUT2D eigenvalue weighted by atomic mass is 9.93. The van der Waals surface area contributed by atoms with Crippen molar-refractivity contribution in [3.05, 3.63) is 75.5 Å². The third-order valence-corrected chi connectivity index (χ3v) is 7.26. The van der Waals surface area contributed by atoms with Crippen molar-refractivity contribution >= 4 is 29.0 Å². The van der Waals surface area contributed by atoms with Crippen LogP contribution in [0.5, 0.6) is 0 Å². The van der Waals surface area contributed by atoms with Gasteiger partial charge in [0.2, 0.25) is 5.91 Å². The van der Waals surface area contributed by atoms with E-state index in [0.717, 1.165) is 42.8 Å². The Bertz CT molecular complexity index is 1190. The monoisotopic (exact) mass is 480 g/mol. The predicted molar refractivity (Wildman–Crippen MR) is 132 cm³/mol. The summed E-state index contributed by atoms with van der Waals surface area (Å²) >= 11 is 0.974. The highest BCUT2D eigenvalue weighted by Crippen LogP contribution is 2.34. The summed E-state index contributed by atoms with van der Waals surface area (Å²) in [5.41, 5.74) is 2.82. The summed E-state index contributed by atoms with van der Waals surface area (Å²) in [5, 5.41) is 7.16. The number of hydrogen-bond acceptors (Lipinski definition) is 5. The number of hydrogen-bond donors (Lipinski definition) is 1. The Hall–Kier alpha value is -3.13. The quantitative estimate of drug-likeness (QED) is 0.510. The van der Waals surface area contributed by atoms with Crippen molar-refractivity contribution in [3.63, 3.8) is 0 Å². The lowest BCUT2D eigenvalue weighted by Gasteiger charge is -2.34. The first-order valence-electron chi connectivity index (χ1n) is 11.6. The van der Waals surface area contributed by atoms with Crippen molar-refractivity contribution in [3.8, 4) is 0 Å². The zero-order chi connectivity index (χ0) is 24.2. The van der Waals surface area contributed by atoms with Crippen LogP contribution in [0.3, 0.4) is 0 Å². The Kier molecular flexibility index (Phi) is 7.36. The summed E-state index contributed by atoms with van der Waals surface area (Å²) < 4.78 is 18.6. The van der Waals surface area contributed by atoms with Crippen LogP contribution < -0.4 is 10.2 Å². The molecule has 1 fully saturated rings. The van der Waals surface area contributed by atoms with Crippen LogP contribution in [0.2, 0.25) is 0 Å². The van der Waals surface area contributed by atoms with E-state index in [1.54, 1.807) is 26.0 Å². The normalized spacial score (nSPS) is 15.1. The highest BCUT2D eigenvalue weighted by atomic mass is 32.1. The molecule has 1 aliphatic rings. The molecule has 1 atom stereocenters. The van der Waals surface area contributed by atoms with Crippen LogP contribution in [-0.4, -0.2) is 27.4 Å². The maximum absolute atomic E-state index is 14.7. The molecule has 1 aromatic heterocycles. The molecule has 6 nitrogen and oxygen atoms in total.